The molecule has 0 spiro atoms. The number of rotatable bonds is 6. The number of likely N-dealkylation sites (tertiary alicyclic amines) is 1. The first-order valence-electron chi connectivity index (χ1n) is 8.25. The molecule has 1 N–H and O–H groups in total. The van der Waals surface area contributed by atoms with Crippen LogP contribution in [0.4, 0.5) is 0 Å². The summed E-state index contributed by atoms with van der Waals surface area (Å²) in [5, 5.41) is 2.88. The molecule has 0 unspecified atom stereocenters. The van der Waals surface area contributed by atoms with Gasteiger partial charge in [0.1, 0.15) is 6.61 Å². The van der Waals surface area contributed by atoms with Crippen molar-refractivity contribution in [2.45, 2.75) is 19.6 Å². The van der Waals surface area contributed by atoms with E-state index >= 15 is 0 Å². The average molecular weight is 339 g/mol. The largest absolute Gasteiger partial charge is 0.473 e. The monoisotopic (exact) mass is 339 g/mol. The van der Waals surface area contributed by atoms with Crippen molar-refractivity contribution in [2.24, 2.45) is 5.92 Å². The van der Waals surface area contributed by atoms with Crippen LogP contribution in [-0.4, -0.2) is 35.3 Å². The zero-order valence-corrected chi connectivity index (χ0v) is 14.1. The highest BCUT2D eigenvalue weighted by Crippen LogP contribution is 2.16. The number of ether oxygens (including phenoxy) is 1. The lowest BCUT2D eigenvalue weighted by Gasteiger charge is -2.11. The van der Waals surface area contributed by atoms with Crippen molar-refractivity contribution in [1.29, 1.82) is 0 Å². The summed E-state index contributed by atoms with van der Waals surface area (Å²) in [4.78, 5) is 29.5. The molecule has 0 bridgehead atoms. The molecule has 1 atom stereocenters. The summed E-state index contributed by atoms with van der Waals surface area (Å²) >= 11 is 0. The molecule has 25 heavy (non-hydrogen) atoms. The molecular weight excluding hydrogens is 318 g/mol. The first-order valence-corrected chi connectivity index (χ1v) is 8.25. The maximum absolute atomic E-state index is 12.2. The molecule has 1 saturated heterocycles. The molecule has 130 valence electrons. The van der Waals surface area contributed by atoms with Gasteiger partial charge in [-0.2, -0.15) is 0 Å². The van der Waals surface area contributed by atoms with E-state index in [-0.39, 0.29) is 24.2 Å². The van der Waals surface area contributed by atoms with Gasteiger partial charge in [0, 0.05) is 38.8 Å². The fourth-order valence-corrected chi connectivity index (χ4v) is 2.74. The number of nitrogens with one attached hydrogen (secondary N) is 1. The number of aromatic nitrogens is 1. The third kappa shape index (κ3) is 4.56. The fraction of sp³-hybridized carbons (Fsp3) is 0.316. The summed E-state index contributed by atoms with van der Waals surface area (Å²) in [6, 6.07) is 13.5. The number of pyridine rings is 1. The average Bonchev–Trinajstić information content (AvgIpc) is 2.98. The maximum atomic E-state index is 12.2. The minimum absolute atomic E-state index is 0.0145. The van der Waals surface area contributed by atoms with Crippen LogP contribution in [0.5, 0.6) is 5.88 Å². The van der Waals surface area contributed by atoms with Gasteiger partial charge < -0.3 is 15.0 Å². The molecule has 6 heteroatoms. The van der Waals surface area contributed by atoms with Crippen LogP contribution in [0.1, 0.15) is 17.5 Å². The van der Waals surface area contributed by atoms with Crippen molar-refractivity contribution >= 4 is 11.8 Å². The molecule has 3 rings (SSSR count). The topological polar surface area (TPSA) is 71.5 Å². The summed E-state index contributed by atoms with van der Waals surface area (Å²) in [6.45, 7) is 1.31. The minimum atomic E-state index is -0.270. The summed E-state index contributed by atoms with van der Waals surface area (Å²) in [6.07, 6.45) is 1.94. The molecule has 1 aromatic carbocycles. The summed E-state index contributed by atoms with van der Waals surface area (Å²) in [7, 11) is 1.72. The first kappa shape index (κ1) is 17.0. The number of hydrogen-bond donors (Lipinski definition) is 1. The van der Waals surface area contributed by atoms with E-state index in [1.165, 1.54) is 0 Å². The van der Waals surface area contributed by atoms with Gasteiger partial charge in [-0.25, -0.2) is 4.98 Å². The quantitative estimate of drug-likeness (QED) is 0.870. The molecule has 1 aliphatic rings. The van der Waals surface area contributed by atoms with E-state index in [0.717, 1.165) is 11.1 Å². The maximum Gasteiger partial charge on any atom is 0.225 e. The van der Waals surface area contributed by atoms with Gasteiger partial charge >= 0.3 is 0 Å². The second-order valence-electron chi connectivity index (χ2n) is 6.17. The Bertz CT molecular complexity index is 749. The summed E-state index contributed by atoms with van der Waals surface area (Å²) in [5.41, 5.74) is 1.97. The van der Waals surface area contributed by atoms with Gasteiger partial charge in [-0.15, -0.1) is 0 Å². The summed E-state index contributed by atoms with van der Waals surface area (Å²) < 4.78 is 5.69. The Hall–Kier alpha value is -2.89. The van der Waals surface area contributed by atoms with Gasteiger partial charge in [-0.3, -0.25) is 9.59 Å². The van der Waals surface area contributed by atoms with Crippen molar-refractivity contribution < 1.29 is 14.3 Å². The molecule has 0 aliphatic carbocycles. The molecule has 2 aromatic rings. The predicted molar refractivity (Wildman–Crippen MR) is 92.6 cm³/mol. The zero-order valence-electron chi connectivity index (χ0n) is 14.1. The van der Waals surface area contributed by atoms with Crippen LogP contribution in [0.3, 0.4) is 0 Å². The van der Waals surface area contributed by atoms with Crippen LogP contribution in [0, 0.1) is 5.92 Å². The molecule has 0 saturated carbocycles. The number of carbonyl (C=O) groups is 2. The van der Waals surface area contributed by atoms with Gasteiger partial charge in [-0.1, -0.05) is 30.3 Å². The number of hydrogen-bond acceptors (Lipinski definition) is 4. The van der Waals surface area contributed by atoms with Gasteiger partial charge in [0.15, 0.2) is 0 Å². The van der Waals surface area contributed by atoms with Crippen LogP contribution in [-0.2, 0) is 22.7 Å². The van der Waals surface area contributed by atoms with Crippen LogP contribution in [0.2, 0.25) is 0 Å². The smallest absolute Gasteiger partial charge is 0.225 e. The molecular formula is C19H21N3O3. The lowest BCUT2D eigenvalue weighted by atomic mass is 10.1. The van der Waals surface area contributed by atoms with E-state index in [1.54, 1.807) is 18.1 Å². The van der Waals surface area contributed by atoms with Crippen molar-refractivity contribution in [1.82, 2.24) is 15.2 Å². The Kier molecular flexibility index (Phi) is 5.28. The molecule has 1 aromatic heterocycles. The zero-order chi connectivity index (χ0) is 17.6. The number of amides is 2. The van der Waals surface area contributed by atoms with Gasteiger partial charge in [-0.05, 0) is 17.2 Å². The number of carbonyl (C=O) groups excluding carboxylic acids is 2. The molecule has 1 aliphatic heterocycles. The molecule has 6 nitrogen and oxygen atoms in total. The Labute approximate surface area is 146 Å². The van der Waals surface area contributed by atoms with Gasteiger partial charge in [0.2, 0.25) is 17.7 Å². The van der Waals surface area contributed by atoms with E-state index < -0.39 is 0 Å². The van der Waals surface area contributed by atoms with E-state index in [1.807, 2.05) is 42.5 Å². The Morgan fingerprint density at radius 2 is 2.08 bits per heavy atom. The molecule has 0 radical (unpaired) electrons. The van der Waals surface area contributed by atoms with E-state index in [4.69, 9.17) is 4.74 Å². The van der Waals surface area contributed by atoms with Crippen molar-refractivity contribution in [3.8, 4) is 5.88 Å². The van der Waals surface area contributed by atoms with Crippen molar-refractivity contribution in [3.05, 3.63) is 59.8 Å². The SMILES string of the molecule is CN1C[C@@H](C(=O)NCc2ccnc(OCc3ccccc3)c2)CC1=O. The standard InChI is InChI=1S/C19H21N3O3/c1-22-12-16(10-18(22)23)19(24)21-11-15-7-8-20-17(9-15)25-13-14-5-3-2-4-6-14/h2-9,16H,10-13H2,1H3,(H,21,24)/t16-/m0/s1. The highest BCUT2D eigenvalue weighted by atomic mass is 16.5. The van der Waals surface area contributed by atoms with Crippen LogP contribution >= 0.6 is 0 Å². The Morgan fingerprint density at radius 3 is 2.80 bits per heavy atom. The van der Waals surface area contributed by atoms with Gasteiger partial charge in [0.25, 0.3) is 0 Å². The second-order valence-corrected chi connectivity index (χ2v) is 6.17. The Morgan fingerprint density at radius 1 is 1.28 bits per heavy atom. The normalized spacial score (nSPS) is 16.8. The highest BCUT2D eigenvalue weighted by molar-refractivity contribution is 5.89. The predicted octanol–water partition coefficient (Wildman–Crippen LogP) is 1.76. The summed E-state index contributed by atoms with van der Waals surface area (Å²) in [5.74, 6) is 0.168. The molecule has 1 fully saturated rings. The lowest BCUT2D eigenvalue weighted by Crippen LogP contribution is -2.31. The van der Waals surface area contributed by atoms with E-state index in [9.17, 15) is 9.59 Å². The van der Waals surface area contributed by atoms with Crippen molar-refractivity contribution in [2.75, 3.05) is 13.6 Å². The van der Waals surface area contributed by atoms with Crippen LogP contribution < -0.4 is 10.1 Å². The highest BCUT2D eigenvalue weighted by Gasteiger charge is 2.31. The van der Waals surface area contributed by atoms with Crippen LogP contribution in [0.15, 0.2) is 48.7 Å². The van der Waals surface area contributed by atoms with E-state index in [0.29, 0.717) is 25.6 Å². The second kappa shape index (κ2) is 7.79. The Balaban J connectivity index is 1.51. The minimum Gasteiger partial charge on any atom is -0.473 e. The molecule has 2 amide bonds. The van der Waals surface area contributed by atoms with Gasteiger partial charge in [0.05, 0.1) is 5.92 Å². The van der Waals surface area contributed by atoms with Crippen molar-refractivity contribution in [3.63, 3.8) is 0 Å². The first-order chi connectivity index (χ1) is 12.1. The van der Waals surface area contributed by atoms with Crippen LogP contribution in [0.25, 0.3) is 0 Å². The number of nitrogens with zero attached hydrogens (tertiary/aromatic N) is 2. The third-order valence-corrected chi connectivity index (χ3v) is 4.21. The fourth-order valence-electron chi connectivity index (χ4n) is 2.74. The van der Waals surface area contributed by atoms with E-state index in [2.05, 4.69) is 10.3 Å². The lowest BCUT2D eigenvalue weighted by molar-refractivity contribution is -0.128. The number of benzene rings is 1. The third-order valence-electron chi connectivity index (χ3n) is 4.21. The molecule has 2 heterocycles.